The second-order valence-corrected chi connectivity index (χ2v) is 7.30. The Morgan fingerprint density at radius 1 is 1.21 bits per heavy atom. The molecule has 0 aliphatic heterocycles. The maximum Gasteiger partial charge on any atom is 0.291 e. The van der Waals surface area contributed by atoms with Gasteiger partial charge in [0.05, 0.1) is 11.9 Å². The van der Waals surface area contributed by atoms with Gasteiger partial charge in [0.15, 0.2) is 5.76 Å². The molecule has 0 bridgehead atoms. The molecule has 0 fully saturated rings. The minimum absolute atomic E-state index is 0.118. The zero-order valence-electron chi connectivity index (χ0n) is 16.3. The first-order valence-corrected chi connectivity index (χ1v) is 9.74. The first-order valence-electron chi connectivity index (χ1n) is 8.95. The molecule has 0 spiro atoms. The van der Waals surface area contributed by atoms with E-state index in [1.54, 1.807) is 26.2 Å². The van der Waals surface area contributed by atoms with Crippen LogP contribution < -0.4 is 10.1 Å². The summed E-state index contributed by atoms with van der Waals surface area (Å²) in [7, 11) is 3.29. The van der Waals surface area contributed by atoms with E-state index in [0.717, 1.165) is 4.47 Å². The van der Waals surface area contributed by atoms with Crippen LogP contribution in [-0.2, 0) is 13.2 Å². The van der Waals surface area contributed by atoms with E-state index >= 15 is 0 Å². The molecule has 152 valence electrons. The van der Waals surface area contributed by atoms with Crippen LogP contribution in [0.2, 0.25) is 0 Å². The normalized spacial score (nSPS) is 10.6. The van der Waals surface area contributed by atoms with Crippen LogP contribution in [0.4, 0.5) is 5.69 Å². The number of rotatable bonds is 7. The van der Waals surface area contributed by atoms with Gasteiger partial charge in [0.25, 0.3) is 11.8 Å². The van der Waals surface area contributed by atoms with Crippen molar-refractivity contribution >= 4 is 33.4 Å². The molecular formula is C20H21BrN4O4. The summed E-state index contributed by atoms with van der Waals surface area (Å²) in [5.41, 5.74) is 0.649. The fourth-order valence-corrected chi connectivity index (χ4v) is 2.87. The van der Waals surface area contributed by atoms with Crippen LogP contribution in [0.5, 0.6) is 5.75 Å². The highest BCUT2D eigenvalue weighted by Gasteiger charge is 2.22. The van der Waals surface area contributed by atoms with Crippen molar-refractivity contribution in [3.05, 3.63) is 64.3 Å². The lowest BCUT2D eigenvalue weighted by atomic mass is 10.3. The van der Waals surface area contributed by atoms with Gasteiger partial charge in [0.2, 0.25) is 0 Å². The highest BCUT2D eigenvalue weighted by molar-refractivity contribution is 9.10. The molecule has 2 aromatic heterocycles. The van der Waals surface area contributed by atoms with E-state index in [-0.39, 0.29) is 18.3 Å². The molecule has 0 aliphatic rings. The van der Waals surface area contributed by atoms with Crippen molar-refractivity contribution in [3.8, 4) is 5.75 Å². The molecule has 3 rings (SSSR count). The van der Waals surface area contributed by atoms with Gasteiger partial charge in [0.1, 0.15) is 23.8 Å². The Hall–Kier alpha value is -3.07. The van der Waals surface area contributed by atoms with E-state index < -0.39 is 5.91 Å². The Morgan fingerprint density at radius 3 is 2.59 bits per heavy atom. The summed E-state index contributed by atoms with van der Waals surface area (Å²) in [6.45, 7) is 2.56. The second-order valence-electron chi connectivity index (χ2n) is 6.38. The maximum atomic E-state index is 12.6. The number of anilines is 1. The molecule has 8 nitrogen and oxygen atoms in total. The van der Waals surface area contributed by atoms with Crippen LogP contribution in [0.1, 0.15) is 33.7 Å². The highest BCUT2D eigenvalue weighted by atomic mass is 79.9. The summed E-state index contributed by atoms with van der Waals surface area (Å²) in [4.78, 5) is 26.4. The standard InChI is InChI=1S/C20H21BrN4O4/c1-4-25-18(20(27)24(2)3)16(11-22-25)23-19(26)17-10-9-15(29-17)12-28-14-7-5-13(21)6-8-14/h5-11H,4,12H2,1-3H3,(H,23,26). The van der Waals surface area contributed by atoms with E-state index in [1.807, 2.05) is 31.2 Å². The predicted molar refractivity (Wildman–Crippen MR) is 111 cm³/mol. The molecule has 0 saturated heterocycles. The quantitative estimate of drug-likeness (QED) is 0.579. The third-order valence-electron chi connectivity index (χ3n) is 4.08. The Morgan fingerprint density at radius 2 is 1.93 bits per heavy atom. The van der Waals surface area contributed by atoms with Gasteiger partial charge in [-0.25, -0.2) is 0 Å². The fourth-order valence-electron chi connectivity index (χ4n) is 2.60. The molecule has 3 aromatic rings. The third-order valence-corrected chi connectivity index (χ3v) is 4.60. The number of benzene rings is 1. The van der Waals surface area contributed by atoms with Gasteiger partial charge < -0.3 is 19.4 Å². The molecule has 9 heteroatoms. The van der Waals surface area contributed by atoms with Gasteiger partial charge in [-0.15, -0.1) is 0 Å². The van der Waals surface area contributed by atoms with E-state index in [0.29, 0.717) is 29.4 Å². The first-order chi connectivity index (χ1) is 13.9. The lowest BCUT2D eigenvalue weighted by Gasteiger charge is -2.13. The van der Waals surface area contributed by atoms with E-state index in [9.17, 15) is 9.59 Å². The van der Waals surface area contributed by atoms with Gasteiger partial charge in [-0.3, -0.25) is 14.3 Å². The molecule has 0 aliphatic carbocycles. The molecule has 0 saturated carbocycles. The minimum Gasteiger partial charge on any atom is -0.486 e. The smallest absolute Gasteiger partial charge is 0.291 e. The molecule has 2 amide bonds. The number of furan rings is 1. The van der Waals surface area contributed by atoms with Crippen LogP contribution in [0.15, 0.2) is 51.5 Å². The highest BCUT2D eigenvalue weighted by Crippen LogP contribution is 2.20. The number of halogens is 1. The maximum absolute atomic E-state index is 12.6. The number of carbonyl (C=O) groups is 2. The number of amides is 2. The molecule has 0 atom stereocenters. The number of carbonyl (C=O) groups excluding carboxylic acids is 2. The summed E-state index contributed by atoms with van der Waals surface area (Å²) in [5, 5.41) is 6.86. The summed E-state index contributed by atoms with van der Waals surface area (Å²) in [6, 6.07) is 10.6. The number of nitrogens with zero attached hydrogens (tertiary/aromatic N) is 3. The lowest BCUT2D eigenvalue weighted by Crippen LogP contribution is -2.26. The second kappa shape index (κ2) is 8.95. The molecule has 0 unspecified atom stereocenters. The van der Waals surface area contributed by atoms with Crippen molar-refractivity contribution in [1.29, 1.82) is 0 Å². The van der Waals surface area contributed by atoms with Crippen molar-refractivity contribution in [2.24, 2.45) is 0 Å². The molecule has 1 aromatic carbocycles. The van der Waals surface area contributed by atoms with Crippen molar-refractivity contribution < 1.29 is 18.7 Å². The van der Waals surface area contributed by atoms with Crippen LogP contribution in [0.3, 0.4) is 0 Å². The van der Waals surface area contributed by atoms with E-state index in [1.165, 1.54) is 15.8 Å². The summed E-state index contributed by atoms with van der Waals surface area (Å²) < 4.78 is 13.7. The third kappa shape index (κ3) is 4.86. The number of ether oxygens (including phenoxy) is 1. The van der Waals surface area contributed by atoms with Gasteiger partial charge in [0, 0.05) is 25.1 Å². The van der Waals surface area contributed by atoms with Crippen LogP contribution >= 0.6 is 15.9 Å². The average molecular weight is 461 g/mol. The van der Waals surface area contributed by atoms with Crippen LogP contribution in [0, 0.1) is 0 Å². The molecule has 2 heterocycles. The van der Waals surface area contributed by atoms with Crippen molar-refractivity contribution in [2.75, 3.05) is 19.4 Å². The molecule has 29 heavy (non-hydrogen) atoms. The number of nitrogens with one attached hydrogen (secondary N) is 1. The molecule has 0 radical (unpaired) electrons. The van der Waals surface area contributed by atoms with Crippen LogP contribution in [0.25, 0.3) is 0 Å². The SMILES string of the molecule is CCn1ncc(NC(=O)c2ccc(COc3ccc(Br)cc3)o2)c1C(=O)N(C)C. The topological polar surface area (TPSA) is 89.6 Å². The number of hydrogen-bond donors (Lipinski definition) is 1. The molecular weight excluding hydrogens is 440 g/mol. The Kier molecular flexibility index (Phi) is 6.38. The average Bonchev–Trinajstić information content (AvgIpc) is 3.33. The van der Waals surface area contributed by atoms with Crippen molar-refractivity contribution in [3.63, 3.8) is 0 Å². The lowest BCUT2D eigenvalue weighted by molar-refractivity contribution is 0.0816. The number of aryl methyl sites for hydroxylation is 1. The van der Waals surface area contributed by atoms with Crippen molar-refractivity contribution in [2.45, 2.75) is 20.1 Å². The first kappa shape index (κ1) is 20.7. The molecule has 1 N–H and O–H groups in total. The van der Waals surface area contributed by atoms with Gasteiger partial charge in [-0.1, -0.05) is 15.9 Å². The summed E-state index contributed by atoms with van der Waals surface area (Å²) in [6.07, 6.45) is 1.46. The summed E-state index contributed by atoms with van der Waals surface area (Å²) in [5.74, 6) is 0.597. The van der Waals surface area contributed by atoms with Gasteiger partial charge in [-0.2, -0.15) is 5.10 Å². The minimum atomic E-state index is -0.469. The Bertz CT molecular complexity index is 1010. The van der Waals surface area contributed by atoms with Crippen LogP contribution in [-0.4, -0.2) is 40.6 Å². The number of hydrogen-bond acceptors (Lipinski definition) is 5. The largest absolute Gasteiger partial charge is 0.486 e. The zero-order chi connectivity index (χ0) is 21.0. The van der Waals surface area contributed by atoms with Gasteiger partial charge >= 0.3 is 0 Å². The van der Waals surface area contributed by atoms with E-state index in [2.05, 4.69) is 26.3 Å². The van der Waals surface area contributed by atoms with Gasteiger partial charge in [-0.05, 0) is 43.3 Å². The monoisotopic (exact) mass is 460 g/mol. The Balaban J connectivity index is 1.68. The Labute approximate surface area is 176 Å². The summed E-state index contributed by atoms with van der Waals surface area (Å²) >= 11 is 3.37. The zero-order valence-corrected chi connectivity index (χ0v) is 17.9. The van der Waals surface area contributed by atoms with E-state index in [4.69, 9.17) is 9.15 Å². The predicted octanol–water partition coefficient (Wildman–Crippen LogP) is 3.79. The van der Waals surface area contributed by atoms with Crippen molar-refractivity contribution in [1.82, 2.24) is 14.7 Å². The number of aromatic nitrogens is 2. The fraction of sp³-hybridized carbons (Fsp3) is 0.250.